The largest absolute Gasteiger partial charge is 0.363 e. The Balaban J connectivity index is 1.47. The van der Waals surface area contributed by atoms with E-state index in [2.05, 4.69) is 17.3 Å². The number of aliphatic imine (C=N–C) groups is 1. The van der Waals surface area contributed by atoms with Crippen LogP contribution in [0.25, 0.3) is 0 Å². The van der Waals surface area contributed by atoms with Gasteiger partial charge in [-0.05, 0) is 44.7 Å². The summed E-state index contributed by atoms with van der Waals surface area (Å²) < 4.78 is 0. The van der Waals surface area contributed by atoms with Gasteiger partial charge in [0, 0.05) is 24.9 Å². The molecule has 1 spiro atoms. The fraction of sp³-hybridized carbons (Fsp3) is 0.938. The average molecular weight is 295 g/mol. The van der Waals surface area contributed by atoms with Crippen LogP contribution in [0.5, 0.6) is 0 Å². The molecule has 3 aliphatic rings. The van der Waals surface area contributed by atoms with Gasteiger partial charge in [0.25, 0.3) is 0 Å². The number of piperidine rings is 1. The second-order valence-corrected chi connectivity index (χ2v) is 7.95. The van der Waals surface area contributed by atoms with Gasteiger partial charge < -0.3 is 10.2 Å². The predicted molar refractivity (Wildman–Crippen MR) is 88.5 cm³/mol. The highest BCUT2D eigenvalue weighted by Gasteiger charge is 2.35. The summed E-state index contributed by atoms with van der Waals surface area (Å²) in [6.07, 6.45) is 11.2. The molecule has 114 valence electrons. The molecule has 1 saturated heterocycles. The van der Waals surface area contributed by atoms with Crippen LogP contribution in [0.2, 0.25) is 0 Å². The van der Waals surface area contributed by atoms with Gasteiger partial charge in [0.2, 0.25) is 0 Å². The van der Waals surface area contributed by atoms with E-state index in [1.807, 2.05) is 11.8 Å². The van der Waals surface area contributed by atoms with E-state index >= 15 is 0 Å². The van der Waals surface area contributed by atoms with Gasteiger partial charge in [-0.15, -0.1) is 0 Å². The van der Waals surface area contributed by atoms with Crippen LogP contribution in [0.15, 0.2) is 4.99 Å². The van der Waals surface area contributed by atoms with E-state index in [-0.39, 0.29) is 0 Å². The number of nitrogens with one attached hydrogen (secondary N) is 1. The summed E-state index contributed by atoms with van der Waals surface area (Å²) in [5.41, 5.74) is 0.551. The number of hydrogen-bond donors (Lipinski definition) is 1. The molecular formula is C16H29N3S. The van der Waals surface area contributed by atoms with E-state index in [0.717, 1.165) is 13.1 Å². The SMILES string of the molecule is CN1CCCCC1CNC1=NCC2(CCCCC2)CS1. The molecule has 2 heterocycles. The Morgan fingerprint density at radius 3 is 2.80 bits per heavy atom. The van der Waals surface area contributed by atoms with E-state index in [9.17, 15) is 0 Å². The molecule has 0 radical (unpaired) electrons. The van der Waals surface area contributed by atoms with Crippen molar-refractivity contribution in [3.05, 3.63) is 0 Å². The van der Waals surface area contributed by atoms with Crippen molar-refractivity contribution in [2.75, 3.05) is 32.4 Å². The Bertz CT molecular complexity index is 350. The highest BCUT2D eigenvalue weighted by atomic mass is 32.2. The van der Waals surface area contributed by atoms with Crippen LogP contribution in [-0.4, -0.2) is 48.5 Å². The summed E-state index contributed by atoms with van der Waals surface area (Å²) in [4.78, 5) is 7.37. The minimum absolute atomic E-state index is 0.551. The lowest BCUT2D eigenvalue weighted by molar-refractivity contribution is 0.186. The molecule has 1 atom stereocenters. The number of likely N-dealkylation sites (tertiary alicyclic amines) is 1. The summed E-state index contributed by atoms with van der Waals surface area (Å²) in [7, 11) is 2.26. The molecule has 0 bridgehead atoms. The van der Waals surface area contributed by atoms with Crippen LogP contribution in [0.3, 0.4) is 0 Å². The molecule has 20 heavy (non-hydrogen) atoms. The summed E-state index contributed by atoms with van der Waals surface area (Å²) >= 11 is 1.98. The van der Waals surface area contributed by atoms with E-state index in [1.165, 1.54) is 68.8 Å². The molecule has 3 rings (SSSR count). The van der Waals surface area contributed by atoms with Crippen LogP contribution in [0.4, 0.5) is 0 Å². The molecule has 1 N–H and O–H groups in total. The molecule has 1 aliphatic carbocycles. The van der Waals surface area contributed by atoms with E-state index in [4.69, 9.17) is 4.99 Å². The number of amidine groups is 1. The highest BCUT2D eigenvalue weighted by molar-refractivity contribution is 8.13. The summed E-state index contributed by atoms with van der Waals surface area (Å²) in [5.74, 6) is 1.29. The van der Waals surface area contributed by atoms with E-state index in [1.54, 1.807) is 0 Å². The Labute approximate surface area is 128 Å². The smallest absolute Gasteiger partial charge is 0.156 e. The lowest BCUT2D eigenvalue weighted by Crippen LogP contribution is -2.45. The predicted octanol–water partition coefficient (Wildman–Crippen LogP) is 3.11. The van der Waals surface area contributed by atoms with Gasteiger partial charge in [-0.2, -0.15) is 0 Å². The van der Waals surface area contributed by atoms with Gasteiger partial charge in [-0.25, -0.2) is 0 Å². The third kappa shape index (κ3) is 3.51. The first-order valence-electron chi connectivity index (χ1n) is 8.39. The van der Waals surface area contributed by atoms with Crippen LogP contribution in [-0.2, 0) is 0 Å². The third-order valence-electron chi connectivity index (χ3n) is 5.40. The summed E-state index contributed by atoms with van der Waals surface area (Å²) in [6.45, 7) is 3.41. The first-order valence-corrected chi connectivity index (χ1v) is 9.37. The maximum atomic E-state index is 4.87. The van der Waals surface area contributed by atoms with E-state index < -0.39 is 0 Å². The molecule has 1 saturated carbocycles. The van der Waals surface area contributed by atoms with Crippen molar-refractivity contribution in [2.24, 2.45) is 10.4 Å². The molecule has 2 fully saturated rings. The fourth-order valence-corrected chi connectivity index (χ4v) is 5.03. The number of thioether (sulfide) groups is 1. The third-order valence-corrected chi connectivity index (χ3v) is 6.70. The summed E-state index contributed by atoms with van der Waals surface area (Å²) in [5, 5.41) is 4.82. The van der Waals surface area contributed by atoms with Crippen LogP contribution < -0.4 is 5.32 Å². The Morgan fingerprint density at radius 2 is 2.10 bits per heavy atom. The summed E-state index contributed by atoms with van der Waals surface area (Å²) in [6, 6.07) is 0.706. The lowest BCUT2D eigenvalue weighted by atomic mass is 9.75. The second kappa shape index (κ2) is 6.69. The zero-order valence-corrected chi connectivity index (χ0v) is 13.7. The van der Waals surface area contributed by atoms with Gasteiger partial charge in [-0.3, -0.25) is 4.99 Å². The topological polar surface area (TPSA) is 27.6 Å². The Morgan fingerprint density at radius 1 is 1.25 bits per heavy atom. The molecular weight excluding hydrogens is 266 g/mol. The van der Waals surface area contributed by atoms with Crippen LogP contribution in [0.1, 0.15) is 51.4 Å². The molecule has 1 unspecified atom stereocenters. The first kappa shape index (κ1) is 14.7. The fourth-order valence-electron chi connectivity index (χ4n) is 3.87. The quantitative estimate of drug-likeness (QED) is 0.848. The zero-order valence-electron chi connectivity index (χ0n) is 12.9. The van der Waals surface area contributed by atoms with Crippen molar-refractivity contribution in [3.8, 4) is 0 Å². The Hall–Kier alpha value is -0.220. The minimum atomic E-state index is 0.551. The van der Waals surface area contributed by atoms with Crippen molar-refractivity contribution in [1.82, 2.24) is 10.2 Å². The lowest BCUT2D eigenvalue weighted by Gasteiger charge is -2.39. The van der Waals surface area contributed by atoms with Gasteiger partial charge in [-0.1, -0.05) is 37.4 Å². The molecule has 0 amide bonds. The minimum Gasteiger partial charge on any atom is -0.363 e. The molecule has 4 heteroatoms. The number of nitrogens with zero attached hydrogens (tertiary/aromatic N) is 2. The number of likely N-dealkylation sites (N-methyl/N-ethyl adjacent to an activating group) is 1. The monoisotopic (exact) mass is 295 g/mol. The first-order chi connectivity index (χ1) is 9.77. The normalized spacial score (nSPS) is 31.1. The van der Waals surface area contributed by atoms with Crippen molar-refractivity contribution >= 4 is 16.9 Å². The molecule has 3 nitrogen and oxygen atoms in total. The zero-order chi connectivity index (χ0) is 13.8. The van der Waals surface area contributed by atoms with Crippen molar-refractivity contribution in [1.29, 1.82) is 0 Å². The van der Waals surface area contributed by atoms with Crippen LogP contribution in [0, 0.1) is 5.41 Å². The number of rotatable bonds is 2. The van der Waals surface area contributed by atoms with Gasteiger partial charge in [0.15, 0.2) is 5.17 Å². The maximum absolute atomic E-state index is 4.87. The molecule has 0 aromatic heterocycles. The highest BCUT2D eigenvalue weighted by Crippen LogP contribution is 2.41. The number of hydrogen-bond acceptors (Lipinski definition) is 4. The standard InChI is InChI=1S/C16H29N3S/c1-19-10-6-3-7-14(19)11-17-15-18-12-16(13-20-15)8-4-2-5-9-16/h14H,2-13H2,1H3,(H,17,18). The van der Waals surface area contributed by atoms with Crippen LogP contribution >= 0.6 is 11.8 Å². The van der Waals surface area contributed by atoms with Crippen molar-refractivity contribution < 1.29 is 0 Å². The molecule has 0 aromatic rings. The van der Waals surface area contributed by atoms with Crippen molar-refractivity contribution in [2.45, 2.75) is 57.4 Å². The van der Waals surface area contributed by atoms with Gasteiger partial charge >= 0.3 is 0 Å². The maximum Gasteiger partial charge on any atom is 0.156 e. The molecule has 0 aromatic carbocycles. The van der Waals surface area contributed by atoms with Gasteiger partial charge in [0.1, 0.15) is 0 Å². The van der Waals surface area contributed by atoms with Gasteiger partial charge in [0.05, 0.1) is 0 Å². The van der Waals surface area contributed by atoms with E-state index in [0.29, 0.717) is 11.5 Å². The molecule has 2 aliphatic heterocycles. The Kier molecular flexibility index (Phi) is 4.92. The second-order valence-electron chi connectivity index (χ2n) is 6.98. The average Bonchev–Trinajstić information content (AvgIpc) is 2.49. The van der Waals surface area contributed by atoms with Crippen molar-refractivity contribution in [3.63, 3.8) is 0 Å².